The van der Waals surface area contributed by atoms with Crippen LogP contribution in [0.4, 0.5) is 0 Å². The van der Waals surface area contributed by atoms with Gasteiger partial charge in [0.05, 0.1) is 18.2 Å². The molecule has 0 amide bonds. The lowest BCUT2D eigenvalue weighted by Crippen LogP contribution is -1.98. The lowest BCUT2D eigenvalue weighted by molar-refractivity contribution is 0.374. The largest absolute Gasteiger partial charge is 0.354 e. The Balaban J connectivity index is 2.52. The van der Waals surface area contributed by atoms with Crippen molar-refractivity contribution >= 4 is 15.9 Å². The minimum Gasteiger partial charge on any atom is -0.354 e. The lowest BCUT2D eigenvalue weighted by Gasteiger charge is -2.11. The van der Waals surface area contributed by atoms with Crippen molar-refractivity contribution in [1.29, 1.82) is 0 Å². The Morgan fingerprint density at radius 1 is 1.56 bits per heavy atom. The highest BCUT2D eigenvalue weighted by Crippen LogP contribution is 2.41. The molecule has 1 rings (SSSR count). The quantitative estimate of drug-likeness (QED) is 0.671. The molecule has 1 aromatic rings. The first-order valence-corrected chi connectivity index (χ1v) is 8.19. The molecule has 0 aliphatic carbocycles. The van der Waals surface area contributed by atoms with Gasteiger partial charge in [-0.3, -0.25) is 8.90 Å². The molecule has 0 saturated carbocycles. The monoisotopic (exact) mass is 266 g/mol. The van der Waals surface area contributed by atoms with Crippen LogP contribution < -0.4 is 0 Å². The molecule has 0 saturated heterocycles. The molecule has 0 fully saturated rings. The molecule has 0 spiro atoms. The number of nitrogens with zero attached hydrogens (tertiary/aromatic N) is 2. The summed E-state index contributed by atoms with van der Waals surface area (Å²) in [6, 6.07) is 0. The van der Waals surface area contributed by atoms with Crippen molar-refractivity contribution in [2.24, 2.45) is 0 Å². The van der Waals surface area contributed by atoms with Crippen LogP contribution in [0.3, 0.4) is 0 Å². The first kappa shape index (κ1) is 13.8. The van der Waals surface area contributed by atoms with Crippen molar-refractivity contribution in [2.75, 3.05) is 12.3 Å². The van der Waals surface area contributed by atoms with Crippen LogP contribution in [0, 0.1) is 0 Å². The molecule has 16 heavy (non-hydrogen) atoms. The Kier molecular flexibility index (Phi) is 5.09. The van der Waals surface area contributed by atoms with E-state index in [9.17, 15) is 9.46 Å². The molecular weight excluding hydrogens is 250 g/mol. The van der Waals surface area contributed by atoms with E-state index < -0.39 is 15.9 Å². The van der Waals surface area contributed by atoms with E-state index in [4.69, 9.17) is 9.79 Å². The van der Waals surface area contributed by atoms with E-state index in [0.29, 0.717) is 0 Å². The molecule has 0 radical (unpaired) electrons. The van der Waals surface area contributed by atoms with Crippen LogP contribution in [-0.4, -0.2) is 36.3 Å². The highest BCUT2D eigenvalue weighted by Gasteiger charge is 2.17. The van der Waals surface area contributed by atoms with E-state index in [0.717, 1.165) is 18.5 Å². The Morgan fingerprint density at radius 2 is 2.25 bits per heavy atom. The molecule has 8 heteroatoms. The summed E-state index contributed by atoms with van der Waals surface area (Å²) >= 11 is 0. The SMILES string of the molecule is CCCc1cn(P(O)CCP(=O)(O)O)cn1. The fourth-order valence-corrected chi connectivity index (χ4v) is 3.63. The van der Waals surface area contributed by atoms with E-state index in [1.165, 1.54) is 10.7 Å². The van der Waals surface area contributed by atoms with Gasteiger partial charge >= 0.3 is 7.60 Å². The van der Waals surface area contributed by atoms with Gasteiger partial charge in [0.2, 0.25) is 0 Å². The van der Waals surface area contributed by atoms with Crippen LogP contribution in [0.25, 0.3) is 0 Å². The molecule has 1 unspecified atom stereocenters. The first-order valence-electron chi connectivity index (χ1n) is 4.96. The summed E-state index contributed by atoms with van der Waals surface area (Å²) in [5, 5.41) is 0. The maximum Gasteiger partial charge on any atom is 0.326 e. The van der Waals surface area contributed by atoms with Crippen LogP contribution in [0.2, 0.25) is 0 Å². The molecular formula is C8H16N2O4P2. The van der Waals surface area contributed by atoms with Gasteiger partial charge in [0.1, 0.15) is 8.30 Å². The smallest absolute Gasteiger partial charge is 0.326 e. The second-order valence-corrected chi connectivity index (χ2v) is 6.91. The minimum atomic E-state index is -4.02. The summed E-state index contributed by atoms with van der Waals surface area (Å²) < 4.78 is 12.2. The van der Waals surface area contributed by atoms with Crippen molar-refractivity contribution in [3.8, 4) is 0 Å². The second kappa shape index (κ2) is 5.89. The summed E-state index contributed by atoms with van der Waals surface area (Å²) in [6.07, 6.45) is 4.85. The predicted molar refractivity (Wildman–Crippen MR) is 62.5 cm³/mol. The number of imidazole rings is 1. The van der Waals surface area contributed by atoms with Gasteiger partial charge in [0, 0.05) is 12.4 Å². The Bertz CT molecular complexity index is 376. The van der Waals surface area contributed by atoms with E-state index >= 15 is 0 Å². The van der Waals surface area contributed by atoms with Gasteiger partial charge < -0.3 is 14.7 Å². The van der Waals surface area contributed by atoms with Gasteiger partial charge in [0.25, 0.3) is 0 Å². The Morgan fingerprint density at radius 3 is 2.81 bits per heavy atom. The standard InChI is InChI=1S/C8H16N2O4P2/c1-2-3-8-6-10(7-9-8)15(11)4-5-16(12,13)14/h6-7,11H,2-5H2,1H3,(H2,12,13,14). The summed E-state index contributed by atoms with van der Waals surface area (Å²) in [6.45, 7) is 2.04. The van der Waals surface area contributed by atoms with Crippen LogP contribution in [0.5, 0.6) is 0 Å². The van der Waals surface area contributed by atoms with Crippen molar-refractivity contribution in [3.63, 3.8) is 0 Å². The average molecular weight is 266 g/mol. The molecule has 3 N–H and O–H groups in total. The average Bonchev–Trinajstić information content (AvgIpc) is 2.62. The van der Waals surface area contributed by atoms with Gasteiger partial charge in [0.15, 0.2) is 0 Å². The number of hydrogen-bond donors (Lipinski definition) is 3. The fraction of sp³-hybridized carbons (Fsp3) is 0.625. The highest BCUT2D eigenvalue weighted by atomic mass is 31.2. The molecule has 1 aromatic heterocycles. The van der Waals surface area contributed by atoms with Crippen LogP contribution in [0.1, 0.15) is 19.0 Å². The van der Waals surface area contributed by atoms with E-state index in [-0.39, 0.29) is 12.3 Å². The number of rotatable bonds is 6. The third-order valence-corrected chi connectivity index (χ3v) is 4.52. The van der Waals surface area contributed by atoms with Crippen LogP contribution in [0.15, 0.2) is 12.5 Å². The van der Waals surface area contributed by atoms with Gasteiger partial charge in [-0.1, -0.05) is 13.3 Å². The third kappa shape index (κ3) is 4.73. The highest BCUT2D eigenvalue weighted by molar-refractivity contribution is 7.55. The number of aromatic nitrogens is 2. The summed E-state index contributed by atoms with van der Waals surface area (Å²) in [5.74, 6) is 0. The summed E-state index contributed by atoms with van der Waals surface area (Å²) in [7, 11) is -5.59. The summed E-state index contributed by atoms with van der Waals surface area (Å²) in [4.78, 5) is 31.2. The molecule has 0 aliphatic rings. The first-order chi connectivity index (χ1) is 7.42. The fourth-order valence-electron chi connectivity index (χ4n) is 1.20. The maximum atomic E-state index is 10.6. The van der Waals surface area contributed by atoms with Crippen LogP contribution >= 0.6 is 15.9 Å². The van der Waals surface area contributed by atoms with E-state index in [2.05, 4.69) is 4.98 Å². The number of aryl methyl sites for hydroxylation is 1. The topological polar surface area (TPSA) is 95.6 Å². The zero-order valence-electron chi connectivity index (χ0n) is 9.02. The second-order valence-electron chi connectivity index (χ2n) is 3.48. The number of hydrogen-bond acceptors (Lipinski definition) is 3. The van der Waals surface area contributed by atoms with E-state index in [1.807, 2.05) is 6.92 Å². The Labute approximate surface area is 95.4 Å². The van der Waals surface area contributed by atoms with Crippen LogP contribution in [-0.2, 0) is 11.0 Å². The van der Waals surface area contributed by atoms with Crippen molar-refractivity contribution in [2.45, 2.75) is 19.8 Å². The van der Waals surface area contributed by atoms with Gasteiger partial charge in [-0.15, -0.1) is 0 Å². The lowest BCUT2D eigenvalue weighted by atomic mass is 10.3. The van der Waals surface area contributed by atoms with E-state index in [1.54, 1.807) is 6.20 Å². The Hall–Kier alpha value is -0.250. The van der Waals surface area contributed by atoms with Crippen molar-refractivity contribution in [1.82, 2.24) is 9.32 Å². The molecule has 0 aliphatic heterocycles. The normalized spacial score (nSPS) is 14.0. The third-order valence-electron chi connectivity index (χ3n) is 1.99. The molecule has 0 bridgehead atoms. The van der Waals surface area contributed by atoms with Gasteiger partial charge in [-0.05, 0) is 6.42 Å². The predicted octanol–water partition coefficient (Wildman–Crippen LogP) is 1.17. The molecule has 92 valence electrons. The molecule has 0 aromatic carbocycles. The molecule has 1 heterocycles. The zero-order chi connectivity index (χ0) is 12.2. The molecule has 1 atom stereocenters. The molecule has 6 nitrogen and oxygen atoms in total. The van der Waals surface area contributed by atoms with Gasteiger partial charge in [-0.2, -0.15) is 0 Å². The minimum absolute atomic E-state index is 0.0849. The zero-order valence-corrected chi connectivity index (χ0v) is 10.8. The van der Waals surface area contributed by atoms with Crippen molar-refractivity contribution < 1.29 is 19.2 Å². The maximum absolute atomic E-state index is 10.6. The van der Waals surface area contributed by atoms with Crippen molar-refractivity contribution in [3.05, 3.63) is 18.2 Å². The van der Waals surface area contributed by atoms with Gasteiger partial charge in [-0.25, -0.2) is 4.98 Å². The summed E-state index contributed by atoms with van der Waals surface area (Å²) in [5.41, 5.74) is 0.889.